The molecule has 0 aliphatic carbocycles. The van der Waals surface area contributed by atoms with Crippen molar-refractivity contribution in [1.29, 1.82) is 0 Å². The zero-order valence-electron chi connectivity index (χ0n) is 11.5. The van der Waals surface area contributed by atoms with Gasteiger partial charge < -0.3 is 23.7 Å². The highest BCUT2D eigenvalue weighted by atomic mass is 35.5. The molecule has 0 radical (unpaired) electrons. The predicted octanol–water partition coefficient (Wildman–Crippen LogP) is 2.74. The standard InChI is InChI=1S/C12H11O4P.ClH.H3O4P/c13-17(14,15-11-7-3-1-4-8-11)16-12-9-5-2-6-10-12;;1-5(2,3)4/h1-10H,(H,13,14);1H;(H3,1,2,3,4). The molecule has 0 fully saturated rings. The van der Waals surface area contributed by atoms with Crippen LogP contribution in [-0.4, -0.2) is 19.6 Å². The van der Waals surface area contributed by atoms with Crippen LogP contribution in [-0.2, 0) is 9.13 Å². The first-order valence-corrected chi connectivity index (χ1v) is 8.82. The number of halogens is 1. The first-order chi connectivity index (χ1) is 10.2. The van der Waals surface area contributed by atoms with Gasteiger partial charge in [0.05, 0.1) is 0 Å². The van der Waals surface area contributed by atoms with E-state index in [1.54, 1.807) is 60.7 Å². The molecule has 2 rings (SSSR count). The second-order valence-corrected chi connectivity index (χ2v) is 6.12. The fourth-order valence-electron chi connectivity index (χ4n) is 1.25. The van der Waals surface area contributed by atoms with Gasteiger partial charge in [-0.3, -0.25) is 4.89 Å². The van der Waals surface area contributed by atoms with Crippen LogP contribution in [0.1, 0.15) is 0 Å². The molecule has 0 aliphatic heterocycles. The van der Waals surface area contributed by atoms with Crippen molar-refractivity contribution in [2.24, 2.45) is 0 Å². The normalized spacial score (nSPS) is 10.6. The molecule has 8 nitrogen and oxygen atoms in total. The van der Waals surface area contributed by atoms with Crippen LogP contribution in [0.4, 0.5) is 0 Å². The summed E-state index contributed by atoms with van der Waals surface area (Å²) in [6, 6.07) is 16.7. The molecule has 0 heterocycles. The molecule has 0 aromatic heterocycles. The van der Waals surface area contributed by atoms with Gasteiger partial charge in [-0.25, -0.2) is 9.13 Å². The van der Waals surface area contributed by atoms with Gasteiger partial charge in [0.15, 0.2) is 0 Å². The van der Waals surface area contributed by atoms with E-state index in [0.29, 0.717) is 0 Å². The molecular weight excluding hydrogens is 370 g/mol. The van der Waals surface area contributed by atoms with Crippen LogP contribution in [0.3, 0.4) is 0 Å². The average molecular weight is 385 g/mol. The van der Waals surface area contributed by atoms with E-state index in [1.165, 1.54) is 0 Å². The van der Waals surface area contributed by atoms with Crippen molar-refractivity contribution in [2.45, 2.75) is 0 Å². The molecule has 0 spiro atoms. The van der Waals surface area contributed by atoms with Crippen LogP contribution in [0.2, 0.25) is 0 Å². The van der Waals surface area contributed by atoms with Crippen molar-refractivity contribution in [2.75, 3.05) is 0 Å². The van der Waals surface area contributed by atoms with Crippen LogP contribution in [0.5, 0.6) is 11.5 Å². The lowest BCUT2D eigenvalue weighted by Gasteiger charge is -2.13. The summed E-state index contributed by atoms with van der Waals surface area (Å²) in [5, 5.41) is 0. The van der Waals surface area contributed by atoms with Gasteiger partial charge >= 0.3 is 15.6 Å². The number of benzene rings is 2. The van der Waals surface area contributed by atoms with E-state index < -0.39 is 15.6 Å². The molecule has 0 saturated carbocycles. The minimum absolute atomic E-state index is 0. The Kier molecular flexibility index (Phi) is 9.12. The van der Waals surface area contributed by atoms with Gasteiger partial charge in [-0.05, 0) is 24.3 Å². The largest absolute Gasteiger partial charge is 0.584 e. The summed E-state index contributed by atoms with van der Waals surface area (Å²) in [4.78, 5) is 31.1. The van der Waals surface area contributed by atoms with Crippen molar-refractivity contribution < 1.29 is 37.8 Å². The molecule has 0 amide bonds. The summed E-state index contributed by atoms with van der Waals surface area (Å²) in [6.45, 7) is 0. The van der Waals surface area contributed by atoms with Crippen molar-refractivity contribution >= 4 is 28.1 Å². The number of rotatable bonds is 4. The maximum absolute atomic E-state index is 11.7. The van der Waals surface area contributed by atoms with Gasteiger partial charge in [-0.2, -0.15) is 0 Å². The van der Waals surface area contributed by atoms with Crippen LogP contribution in [0, 0.1) is 0 Å². The number of phosphoric ester groups is 1. The van der Waals surface area contributed by atoms with Crippen LogP contribution >= 0.6 is 28.1 Å². The second-order valence-electron chi connectivity index (χ2n) is 3.79. The molecule has 0 bridgehead atoms. The van der Waals surface area contributed by atoms with Crippen molar-refractivity contribution in [3.8, 4) is 11.5 Å². The number of para-hydroxylation sites is 2. The Labute approximate surface area is 138 Å². The van der Waals surface area contributed by atoms with Gasteiger partial charge in [0.2, 0.25) is 0 Å². The third-order valence-electron chi connectivity index (χ3n) is 1.93. The topological polar surface area (TPSA) is 134 Å². The molecule has 11 heteroatoms. The molecule has 4 N–H and O–H groups in total. The molecular formula is C12H15ClO8P2. The second kappa shape index (κ2) is 9.70. The van der Waals surface area contributed by atoms with Crippen molar-refractivity contribution in [1.82, 2.24) is 0 Å². The first kappa shape index (κ1) is 21.6. The Hall–Kier alpha value is -1.37. The quantitative estimate of drug-likeness (QED) is 0.591. The lowest BCUT2D eigenvalue weighted by Crippen LogP contribution is -1.99. The van der Waals surface area contributed by atoms with E-state index in [1.807, 2.05) is 0 Å². The molecule has 0 unspecified atom stereocenters. The van der Waals surface area contributed by atoms with E-state index in [9.17, 15) is 9.46 Å². The average Bonchev–Trinajstić information content (AvgIpc) is 2.38. The van der Waals surface area contributed by atoms with Gasteiger partial charge in [0, 0.05) is 0 Å². The molecule has 0 saturated heterocycles. The minimum atomic E-state index is -4.64. The van der Waals surface area contributed by atoms with Gasteiger partial charge in [0.1, 0.15) is 11.5 Å². The Bertz CT molecular complexity index is 608. The maximum atomic E-state index is 11.7. The predicted molar refractivity (Wildman–Crippen MR) is 85.5 cm³/mol. The lowest BCUT2D eigenvalue weighted by atomic mass is 10.3. The highest BCUT2D eigenvalue weighted by Crippen LogP contribution is 2.44. The van der Waals surface area contributed by atoms with Crippen molar-refractivity contribution in [3.63, 3.8) is 0 Å². The van der Waals surface area contributed by atoms with E-state index >= 15 is 0 Å². The number of phosphoric acid groups is 2. The monoisotopic (exact) mass is 384 g/mol. The van der Waals surface area contributed by atoms with Gasteiger partial charge in [-0.15, -0.1) is 12.4 Å². The highest BCUT2D eigenvalue weighted by molar-refractivity contribution is 7.48. The van der Waals surface area contributed by atoms with E-state index in [2.05, 4.69) is 0 Å². The number of hydrogen-bond acceptors (Lipinski definition) is 4. The summed E-state index contributed by atoms with van der Waals surface area (Å²) in [5.74, 6) is 0.573. The maximum Gasteiger partial charge on any atom is 0.584 e. The lowest BCUT2D eigenvalue weighted by molar-refractivity contribution is 0.275. The summed E-state index contributed by atoms with van der Waals surface area (Å²) in [5.41, 5.74) is 0. The number of hydrogen-bond donors (Lipinski definition) is 4. The smallest absolute Gasteiger partial charge is 0.395 e. The van der Waals surface area contributed by atoms with Crippen LogP contribution in [0.15, 0.2) is 60.7 Å². The SMILES string of the molecule is Cl.O=P(O)(O)O.O=P(O)(Oc1ccccc1)Oc1ccccc1. The van der Waals surface area contributed by atoms with Crippen LogP contribution < -0.4 is 9.05 Å². The molecule has 0 aliphatic rings. The fraction of sp³-hybridized carbons (Fsp3) is 0. The van der Waals surface area contributed by atoms with E-state index in [-0.39, 0.29) is 23.9 Å². The first-order valence-electron chi connectivity index (χ1n) is 5.76. The fourth-order valence-corrected chi connectivity index (χ4v) is 2.06. The Morgan fingerprint density at radius 1 is 0.652 bits per heavy atom. The summed E-state index contributed by atoms with van der Waals surface area (Å²) >= 11 is 0. The van der Waals surface area contributed by atoms with Gasteiger partial charge in [-0.1, -0.05) is 36.4 Å². The minimum Gasteiger partial charge on any atom is -0.395 e. The molecule has 128 valence electrons. The summed E-state index contributed by atoms with van der Waals surface area (Å²) < 4.78 is 30.3. The zero-order valence-corrected chi connectivity index (χ0v) is 14.1. The zero-order chi connectivity index (χ0) is 16.6. The van der Waals surface area contributed by atoms with Gasteiger partial charge in [0.25, 0.3) is 0 Å². The Morgan fingerprint density at radius 3 is 1.17 bits per heavy atom. The van der Waals surface area contributed by atoms with E-state index in [0.717, 1.165) is 0 Å². The van der Waals surface area contributed by atoms with Crippen molar-refractivity contribution in [3.05, 3.63) is 60.7 Å². The summed E-state index contributed by atoms with van der Waals surface area (Å²) in [6.07, 6.45) is 0. The third kappa shape index (κ3) is 11.8. The Balaban J connectivity index is 0.000000709. The molecule has 2 aromatic rings. The molecule has 0 atom stereocenters. The molecule has 23 heavy (non-hydrogen) atoms. The molecule has 2 aromatic carbocycles. The van der Waals surface area contributed by atoms with E-state index in [4.69, 9.17) is 28.3 Å². The third-order valence-corrected chi connectivity index (χ3v) is 2.81. The highest BCUT2D eigenvalue weighted by Gasteiger charge is 2.24. The van der Waals surface area contributed by atoms with Crippen LogP contribution in [0.25, 0.3) is 0 Å². The summed E-state index contributed by atoms with van der Waals surface area (Å²) in [7, 11) is -8.78. The Morgan fingerprint density at radius 2 is 0.913 bits per heavy atom.